The summed E-state index contributed by atoms with van der Waals surface area (Å²) in [6, 6.07) is 0. The molecule has 0 radical (unpaired) electrons. The molecule has 0 unspecified atom stereocenters. The molecule has 3 saturated heterocycles. The zero-order valence-electron chi connectivity index (χ0n) is 7.58. The van der Waals surface area contributed by atoms with Gasteiger partial charge in [0.25, 0.3) is 0 Å². The van der Waals surface area contributed by atoms with Gasteiger partial charge in [-0.15, -0.1) is 0 Å². The van der Waals surface area contributed by atoms with E-state index in [1.165, 1.54) is 38.9 Å². The van der Waals surface area contributed by atoms with Crippen molar-refractivity contribution in [3.05, 3.63) is 0 Å². The molecule has 0 aromatic carbocycles. The van der Waals surface area contributed by atoms with Crippen molar-refractivity contribution in [3.63, 3.8) is 0 Å². The summed E-state index contributed by atoms with van der Waals surface area (Å²) in [5.41, 5.74) is 1.20. The SMILES string of the molecule is C/C(=N/O)C12CCN(CC1)CC2. The third-order valence-electron chi connectivity index (χ3n) is 3.64. The average molecular weight is 168 g/mol. The molecule has 68 valence electrons. The highest BCUT2D eigenvalue weighted by molar-refractivity contribution is 5.87. The molecule has 2 bridgehead atoms. The lowest BCUT2D eigenvalue weighted by Gasteiger charge is -2.47. The minimum atomic E-state index is 0.253. The van der Waals surface area contributed by atoms with Crippen molar-refractivity contribution in [1.82, 2.24) is 4.90 Å². The lowest BCUT2D eigenvalue weighted by molar-refractivity contribution is 0.0719. The van der Waals surface area contributed by atoms with Crippen LogP contribution in [-0.2, 0) is 0 Å². The summed E-state index contributed by atoms with van der Waals surface area (Å²) in [7, 11) is 0. The number of hydrogen-bond donors (Lipinski definition) is 1. The molecule has 0 aromatic rings. The largest absolute Gasteiger partial charge is 0.411 e. The van der Waals surface area contributed by atoms with Crippen LogP contribution in [0.15, 0.2) is 5.16 Å². The van der Waals surface area contributed by atoms with Gasteiger partial charge in [0.1, 0.15) is 0 Å². The van der Waals surface area contributed by atoms with Crippen molar-refractivity contribution in [2.45, 2.75) is 26.2 Å². The fourth-order valence-electron chi connectivity index (χ4n) is 2.48. The number of rotatable bonds is 1. The Morgan fingerprint density at radius 1 is 1.25 bits per heavy atom. The molecule has 3 heterocycles. The van der Waals surface area contributed by atoms with Gasteiger partial charge in [0.15, 0.2) is 0 Å². The van der Waals surface area contributed by atoms with E-state index in [0.29, 0.717) is 0 Å². The molecule has 1 N–H and O–H groups in total. The Morgan fingerprint density at radius 3 is 2.17 bits per heavy atom. The maximum absolute atomic E-state index is 8.77. The Balaban J connectivity index is 2.19. The van der Waals surface area contributed by atoms with Crippen molar-refractivity contribution >= 4 is 5.71 Å². The smallest absolute Gasteiger partial charge is 0.0603 e. The average Bonchev–Trinajstić information content (AvgIpc) is 2.19. The summed E-state index contributed by atoms with van der Waals surface area (Å²) in [5.74, 6) is 0. The molecule has 3 rings (SSSR count). The highest BCUT2D eigenvalue weighted by atomic mass is 16.4. The van der Waals surface area contributed by atoms with Crippen molar-refractivity contribution in [3.8, 4) is 0 Å². The molecule has 12 heavy (non-hydrogen) atoms. The third-order valence-corrected chi connectivity index (χ3v) is 3.64. The van der Waals surface area contributed by atoms with Crippen LogP contribution in [0.25, 0.3) is 0 Å². The van der Waals surface area contributed by atoms with Crippen LogP contribution >= 0.6 is 0 Å². The summed E-state index contributed by atoms with van der Waals surface area (Å²) in [4.78, 5) is 2.49. The first-order valence-electron chi connectivity index (χ1n) is 4.68. The van der Waals surface area contributed by atoms with Gasteiger partial charge >= 0.3 is 0 Å². The lowest BCUT2D eigenvalue weighted by atomic mass is 9.69. The molecular weight excluding hydrogens is 152 g/mol. The van der Waals surface area contributed by atoms with Crippen LogP contribution in [0.1, 0.15) is 26.2 Å². The Labute approximate surface area is 73.1 Å². The molecular formula is C9H16N2O. The summed E-state index contributed by atoms with van der Waals surface area (Å²) < 4.78 is 0. The second-order valence-electron chi connectivity index (χ2n) is 4.06. The maximum Gasteiger partial charge on any atom is 0.0603 e. The molecule has 0 atom stereocenters. The lowest BCUT2D eigenvalue weighted by Crippen LogP contribution is -2.51. The van der Waals surface area contributed by atoms with Crippen LogP contribution in [0, 0.1) is 5.41 Å². The van der Waals surface area contributed by atoms with Crippen LogP contribution in [0.2, 0.25) is 0 Å². The van der Waals surface area contributed by atoms with Crippen molar-refractivity contribution in [2.24, 2.45) is 10.6 Å². The number of piperidine rings is 3. The zero-order valence-corrected chi connectivity index (χ0v) is 7.58. The van der Waals surface area contributed by atoms with Crippen LogP contribution in [0.5, 0.6) is 0 Å². The molecule has 0 aliphatic carbocycles. The quantitative estimate of drug-likeness (QED) is 0.364. The second kappa shape index (κ2) is 2.73. The van der Waals surface area contributed by atoms with Gasteiger partial charge in [0.2, 0.25) is 0 Å². The van der Waals surface area contributed by atoms with Crippen molar-refractivity contribution < 1.29 is 5.21 Å². The van der Waals surface area contributed by atoms with Gasteiger partial charge in [-0.1, -0.05) is 5.16 Å². The van der Waals surface area contributed by atoms with Gasteiger partial charge in [-0.2, -0.15) is 0 Å². The van der Waals surface area contributed by atoms with Gasteiger partial charge in [-0.05, 0) is 45.8 Å². The van der Waals surface area contributed by atoms with E-state index in [0.717, 1.165) is 5.71 Å². The molecule has 0 spiro atoms. The minimum absolute atomic E-state index is 0.253. The van der Waals surface area contributed by atoms with E-state index >= 15 is 0 Å². The highest BCUT2D eigenvalue weighted by Crippen LogP contribution is 2.41. The second-order valence-corrected chi connectivity index (χ2v) is 4.06. The van der Waals surface area contributed by atoms with Crippen LogP contribution in [0.4, 0.5) is 0 Å². The number of fused-ring (bicyclic) bond motifs is 3. The summed E-state index contributed by atoms with van der Waals surface area (Å²) in [5, 5.41) is 12.2. The third kappa shape index (κ3) is 1.04. The molecule has 3 fully saturated rings. The topological polar surface area (TPSA) is 35.8 Å². The zero-order chi connectivity index (χ0) is 8.60. The number of oxime groups is 1. The Bertz CT molecular complexity index is 191. The first kappa shape index (κ1) is 8.05. The molecule has 3 nitrogen and oxygen atoms in total. The first-order chi connectivity index (χ1) is 5.77. The maximum atomic E-state index is 8.77. The van der Waals surface area contributed by atoms with E-state index in [1.807, 2.05) is 6.92 Å². The highest BCUT2D eigenvalue weighted by Gasteiger charge is 2.41. The van der Waals surface area contributed by atoms with E-state index in [2.05, 4.69) is 10.1 Å². The van der Waals surface area contributed by atoms with Crippen LogP contribution in [-0.4, -0.2) is 35.5 Å². The van der Waals surface area contributed by atoms with Crippen LogP contribution < -0.4 is 0 Å². The summed E-state index contributed by atoms with van der Waals surface area (Å²) in [6.45, 7) is 5.52. The molecule has 0 saturated carbocycles. The monoisotopic (exact) mass is 168 g/mol. The predicted octanol–water partition coefficient (Wildman–Crippen LogP) is 1.32. The van der Waals surface area contributed by atoms with Gasteiger partial charge in [-0.25, -0.2) is 0 Å². The first-order valence-corrected chi connectivity index (χ1v) is 4.68. The Morgan fingerprint density at radius 2 is 1.75 bits per heavy atom. The van der Waals surface area contributed by atoms with E-state index in [1.54, 1.807) is 0 Å². The number of nitrogens with zero attached hydrogens (tertiary/aromatic N) is 2. The van der Waals surface area contributed by atoms with Crippen molar-refractivity contribution in [2.75, 3.05) is 19.6 Å². The normalized spacial score (nSPS) is 41.8. The van der Waals surface area contributed by atoms with Crippen molar-refractivity contribution in [1.29, 1.82) is 0 Å². The predicted molar refractivity (Wildman–Crippen MR) is 47.6 cm³/mol. The summed E-state index contributed by atoms with van der Waals surface area (Å²) in [6.07, 6.45) is 3.55. The van der Waals surface area contributed by atoms with Gasteiger partial charge in [0.05, 0.1) is 5.71 Å². The number of hydrogen-bond acceptors (Lipinski definition) is 3. The van der Waals surface area contributed by atoms with Gasteiger partial charge in [0, 0.05) is 5.41 Å². The van der Waals surface area contributed by atoms with Gasteiger partial charge < -0.3 is 10.1 Å². The molecule has 3 heteroatoms. The standard InChI is InChI=1S/C9H16N2O/c1-8(10-12)9-2-5-11(6-3-9)7-4-9/h12H,2-7H2,1H3/b10-8-. The minimum Gasteiger partial charge on any atom is -0.411 e. The molecule has 3 aliphatic heterocycles. The fourth-order valence-corrected chi connectivity index (χ4v) is 2.48. The molecule has 3 aliphatic rings. The molecule has 0 aromatic heterocycles. The van der Waals surface area contributed by atoms with E-state index in [-0.39, 0.29) is 5.41 Å². The summed E-state index contributed by atoms with van der Waals surface area (Å²) >= 11 is 0. The Hall–Kier alpha value is -0.570. The molecule has 0 amide bonds. The van der Waals surface area contributed by atoms with E-state index in [9.17, 15) is 0 Å². The Kier molecular flexibility index (Phi) is 1.83. The van der Waals surface area contributed by atoms with E-state index in [4.69, 9.17) is 5.21 Å². The fraction of sp³-hybridized carbons (Fsp3) is 0.889. The van der Waals surface area contributed by atoms with Gasteiger partial charge in [-0.3, -0.25) is 0 Å². The van der Waals surface area contributed by atoms with Crippen LogP contribution in [0.3, 0.4) is 0 Å². The van der Waals surface area contributed by atoms with E-state index < -0.39 is 0 Å².